The molecule has 3 aliphatic heterocycles. The standard InChI is InChI=1S/C25H32F2N4O2S/c26-25(27)11-15-30(16-12-25)23-7-6-22(18-28-23)34(32,33)31-17-10-24(20-31)8-13-29(14-9-24)19-21-4-2-1-3-5-21/h1-7,18H,8-17,19-20H2. The molecular formula is C25H32F2N4O2S. The fourth-order valence-corrected chi connectivity index (χ4v) is 6.96. The van der Waals surface area contributed by atoms with E-state index in [4.69, 9.17) is 0 Å². The van der Waals surface area contributed by atoms with Crippen LogP contribution >= 0.6 is 0 Å². The maximum absolute atomic E-state index is 13.4. The lowest BCUT2D eigenvalue weighted by atomic mass is 9.78. The quantitative estimate of drug-likeness (QED) is 0.634. The second kappa shape index (κ2) is 9.17. The van der Waals surface area contributed by atoms with E-state index in [0.29, 0.717) is 18.9 Å². The van der Waals surface area contributed by atoms with E-state index in [0.717, 1.165) is 38.9 Å². The number of nitrogens with zero attached hydrogens (tertiary/aromatic N) is 4. The summed E-state index contributed by atoms with van der Waals surface area (Å²) < 4.78 is 55.1. The Morgan fingerprint density at radius 1 is 0.853 bits per heavy atom. The van der Waals surface area contributed by atoms with Gasteiger partial charge in [-0.25, -0.2) is 22.2 Å². The van der Waals surface area contributed by atoms with Gasteiger partial charge in [-0.2, -0.15) is 4.31 Å². The third kappa shape index (κ3) is 4.97. The van der Waals surface area contributed by atoms with E-state index < -0.39 is 15.9 Å². The van der Waals surface area contributed by atoms with Gasteiger partial charge < -0.3 is 4.90 Å². The number of hydrogen-bond donors (Lipinski definition) is 0. The van der Waals surface area contributed by atoms with Gasteiger partial charge in [-0.05, 0) is 55.5 Å². The Morgan fingerprint density at radius 2 is 1.53 bits per heavy atom. The molecule has 3 aliphatic rings. The number of pyridine rings is 1. The molecule has 1 spiro atoms. The molecule has 4 heterocycles. The van der Waals surface area contributed by atoms with Crippen LogP contribution in [0.2, 0.25) is 0 Å². The molecule has 34 heavy (non-hydrogen) atoms. The predicted octanol–water partition coefficient (Wildman–Crippen LogP) is 3.99. The van der Waals surface area contributed by atoms with Crippen LogP contribution < -0.4 is 4.90 Å². The van der Waals surface area contributed by atoms with Gasteiger partial charge in [-0.3, -0.25) is 4.90 Å². The van der Waals surface area contributed by atoms with Crippen molar-refractivity contribution in [2.75, 3.05) is 44.2 Å². The number of rotatable bonds is 5. The highest BCUT2D eigenvalue weighted by Crippen LogP contribution is 2.42. The topological polar surface area (TPSA) is 56.8 Å². The summed E-state index contributed by atoms with van der Waals surface area (Å²) >= 11 is 0. The molecule has 9 heteroatoms. The van der Waals surface area contributed by atoms with Gasteiger partial charge in [0.1, 0.15) is 10.7 Å². The lowest BCUT2D eigenvalue weighted by Gasteiger charge is -2.39. The molecule has 2 aromatic rings. The van der Waals surface area contributed by atoms with Crippen molar-refractivity contribution in [2.45, 2.75) is 49.5 Å². The number of alkyl halides is 2. The van der Waals surface area contributed by atoms with E-state index >= 15 is 0 Å². The largest absolute Gasteiger partial charge is 0.356 e. The molecule has 6 nitrogen and oxygen atoms in total. The number of anilines is 1. The first kappa shape index (κ1) is 23.6. The molecule has 0 atom stereocenters. The van der Waals surface area contributed by atoms with Crippen LogP contribution in [-0.2, 0) is 16.6 Å². The number of benzene rings is 1. The first-order chi connectivity index (χ1) is 16.2. The summed E-state index contributed by atoms with van der Waals surface area (Å²) in [5, 5.41) is 0. The maximum atomic E-state index is 13.4. The summed E-state index contributed by atoms with van der Waals surface area (Å²) in [5.74, 6) is -2.07. The molecule has 3 fully saturated rings. The summed E-state index contributed by atoms with van der Waals surface area (Å²) in [7, 11) is -3.62. The molecule has 0 saturated carbocycles. The van der Waals surface area contributed by atoms with E-state index in [-0.39, 0.29) is 36.2 Å². The highest BCUT2D eigenvalue weighted by molar-refractivity contribution is 7.89. The number of hydrogen-bond acceptors (Lipinski definition) is 5. The minimum absolute atomic E-state index is 0.0483. The van der Waals surface area contributed by atoms with Crippen molar-refractivity contribution < 1.29 is 17.2 Å². The van der Waals surface area contributed by atoms with Crippen molar-refractivity contribution in [1.82, 2.24) is 14.2 Å². The van der Waals surface area contributed by atoms with Crippen LogP contribution in [0.3, 0.4) is 0 Å². The molecule has 1 aromatic heterocycles. The normalized spacial score (nSPS) is 23.4. The summed E-state index contributed by atoms with van der Waals surface area (Å²) in [5.41, 5.74) is 1.36. The van der Waals surface area contributed by atoms with Gasteiger partial charge >= 0.3 is 0 Å². The van der Waals surface area contributed by atoms with Crippen molar-refractivity contribution in [3.63, 3.8) is 0 Å². The third-order valence-corrected chi connectivity index (χ3v) is 9.58. The van der Waals surface area contributed by atoms with Crippen molar-refractivity contribution in [1.29, 1.82) is 0 Å². The van der Waals surface area contributed by atoms with Crippen molar-refractivity contribution in [3.8, 4) is 0 Å². The van der Waals surface area contributed by atoms with Crippen LogP contribution in [-0.4, -0.2) is 67.8 Å². The van der Waals surface area contributed by atoms with Gasteiger partial charge in [-0.1, -0.05) is 30.3 Å². The lowest BCUT2D eigenvalue weighted by molar-refractivity contribution is -0.0221. The average Bonchev–Trinajstić information content (AvgIpc) is 3.26. The Bertz CT molecular complexity index is 1080. The van der Waals surface area contributed by atoms with Crippen molar-refractivity contribution in [3.05, 3.63) is 54.2 Å². The maximum Gasteiger partial charge on any atom is 0.251 e. The second-order valence-electron chi connectivity index (χ2n) is 10.0. The van der Waals surface area contributed by atoms with Crippen LogP contribution in [0.25, 0.3) is 0 Å². The fraction of sp³-hybridized carbons (Fsp3) is 0.560. The molecular weight excluding hydrogens is 458 g/mol. The zero-order chi connectivity index (χ0) is 23.8. The van der Waals surface area contributed by atoms with Gasteiger partial charge in [0, 0.05) is 51.8 Å². The first-order valence-electron chi connectivity index (χ1n) is 12.1. The van der Waals surface area contributed by atoms with Crippen LogP contribution in [0.5, 0.6) is 0 Å². The predicted molar refractivity (Wildman–Crippen MR) is 127 cm³/mol. The molecule has 0 bridgehead atoms. The van der Waals surface area contributed by atoms with E-state index in [1.807, 2.05) is 6.07 Å². The third-order valence-electron chi connectivity index (χ3n) is 7.75. The Kier molecular flexibility index (Phi) is 6.37. The van der Waals surface area contributed by atoms with Gasteiger partial charge in [0.25, 0.3) is 5.92 Å². The number of likely N-dealkylation sites (tertiary alicyclic amines) is 1. The summed E-state index contributed by atoms with van der Waals surface area (Å²) in [4.78, 5) is 8.74. The Balaban J connectivity index is 1.19. The molecule has 184 valence electrons. The fourth-order valence-electron chi connectivity index (χ4n) is 5.46. The minimum atomic E-state index is -3.62. The molecule has 0 amide bonds. The van der Waals surface area contributed by atoms with Crippen LogP contribution in [0.15, 0.2) is 53.6 Å². The van der Waals surface area contributed by atoms with E-state index in [1.165, 1.54) is 11.8 Å². The average molecular weight is 491 g/mol. The van der Waals surface area contributed by atoms with Crippen molar-refractivity contribution >= 4 is 15.8 Å². The van der Waals surface area contributed by atoms with Crippen molar-refractivity contribution in [2.24, 2.45) is 5.41 Å². The van der Waals surface area contributed by atoms with E-state index in [1.54, 1.807) is 21.3 Å². The zero-order valence-corrected chi connectivity index (χ0v) is 20.2. The lowest BCUT2D eigenvalue weighted by Crippen LogP contribution is -2.42. The highest BCUT2D eigenvalue weighted by Gasteiger charge is 2.44. The Morgan fingerprint density at radius 3 is 2.18 bits per heavy atom. The summed E-state index contributed by atoms with van der Waals surface area (Å²) in [6.45, 7) is 4.43. The van der Waals surface area contributed by atoms with Gasteiger partial charge in [0.2, 0.25) is 10.0 Å². The zero-order valence-electron chi connectivity index (χ0n) is 19.4. The number of piperidine rings is 2. The highest BCUT2D eigenvalue weighted by atomic mass is 32.2. The summed E-state index contributed by atoms with van der Waals surface area (Å²) in [6, 6.07) is 13.7. The van der Waals surface area contributed by atoms with Crippen LogP contribution in [0, 0.1) is 5.41 Å². The van der Waals surface area contributed by atoms with Gasteiger partial charge in [0.15, 0.2) is 0 Å². The number of sulfonamides is 1. The first-order valence-corrected chi connectivity index (χ1v) is 13.5. The smallest absolute Gasteiger partial charge is 0.251 e. The molecule has 3 saturated heterocycles. The molecule has 1 aromatic carbocycles. The van der Waals surface area contributed by atoms with Crippen LogP contribution in [0.4, 0.5) is 14.6 Å². The molecule has 0 N–H and O–H groups in total. The summed E-state index contributed by atoms with van der Waals surface area (Å²) in [6.07, 6.45) is 3.87. The SMILES string of the molecule is O=S(=O)(c1ccc(N2CCC(F)(F)CC2)nc1)N1CCC2(CCN(Cc3ccccc3)CC2)C1. The van der Waals surface area contributed by atoms with Gasteiger partial charge in [0.05, 0.1) is 0 Å². The monoisotopic (exact) mass is 490 g/mol. The number of aromatic nitrogens is 1. The number of halogens is 2. The molecule has 0 unspecified atom stereocenters. The van der Waals surface area contributed by atoms with E-state index in [9.17, 15) is 17.2 Å². The second-order valence-corrected chi connectivity index (χ2v) is 12.0. The molecule has 5 rings (SSSR count). The van der Waals surface area contributed by atoms with E-state index in [2.05, 4.69) is 34.1 Å². The Labute approximate surface area is 200 Å². The minimum Gasteiger partial charge on any atom is -0.356 e. The van der Waals surface area contributed by atoms with Gasteiger partial charge in [-0.15, -0.1) is 0 Å². The molecule has 0 aliphatic carbocycles. The molecule has 0 radical (unpaired) electrons. The Hall–Kier alpha value is -2.10. The van der Waals surface area contributed by atoms with Crippen LogP contribution in [0.1, 0.15) is 37.7 Å².